The molecule has 2 heterocycles. The maximum atomic E-state index is 12.5. The van der Waals surface area contributed by atoms with E-state index in [1.165, 1.54) is 12.2 Å². The van der Waals surface area contributed by atoms with Crippen molar-refractivity contribution in [3.05, 3.63) is 84.0 Å². The van der Waals surface area contributed by atoms with Crippen molar-refractivity contribution in [3.63, 3.8) is 0 Å². The number of ether oxygens (including phenoxy) is 6. The lowest BCUT2D eigenvalue weighted by molar-refractivity contribution is -0.149. The maximum Gasteiger partial charge on any atom is 0.331 e. The van der Waals surface area contributed by atoms with Crippen LogP contribution < -0.4 is 4.74 Å². The van der Waals surface area contributed by atoms with Crippen LogP contribution in [0, 0.1) is 12.0 Å². The summed E-state index contributed by atoms with van der Waals surface area (Å²) in [6, 6.07) is 15.2. The van der Waals surface area contributed by atoms with Gasteiger partial charge in [-0.25, -0.2) is 9.59 Å². The van der Waals surface area contributed by atoms with Gasteiger partial charge < -0.3 is 28.4 Å². The van der Waals surface area contributed by atoms with Crippen molar-refractivity contribution in [2.75, 3.05) is 26.4 Å². The predicted octanol–water partition coefficient (Wildman–Crippen LogP) is 6.00. The number of unbranched alkanes of at least 4 members (excludes halogenated alkanes) is 3. The van der Waals surface area contributed by atoms with Gasteiger partial charge in [-0.05, 0) is 73.6 Å². The van der Waals surface area contributed by atoms with Crippen molar-refractivity contribution in [2.24, 2.45) is 0 Å². The van der Waals surface area contributed by atoms with E-state index in [1.807, 2.05) is 55.5 Å². The minimum absolute atomic E-state index is 0.168. The van der Waals surface area contributed by atoms with Crippen LogP contribution in [0.2, 0.25) is 0 Å². The summed E-state index contributed by atoms with van der Waals surface area (Å²) in [5, 5.41) is 0. The van der Waals surface area contributed by atoms with Crippen LogP contribution in [-0.2, 0) is 33.3 Å². The molecule has 0 spiro atoms. The Morgan fingerprint density at radius 3 is 1.86 bits per heavy atom. The zero-order valence-corrected chi connectivity index (χ0v) is 25.4. The molecule has 0 aromatic heterocycles. The molecule has 0 amide bonds. The van der Waals surface area contributed by atoms with Crippen LogP contribution >= 0.6 is 0 Å². The molecule has 0 N–H and O–H groups in total. The van der Waals surface area contributed by atoms with Gasteiger partial charge in [0.05, 0.1) is 19.8 Å². The number of esters is 2. The number of benzene rings is 2. The SMILES string of the molecule is C=C(C)c1ccc(/C=C/C(=O)OC2CO[C@H]3[C@@H]2OC[C@H]3OC(=O)/C=C/c2ccc(OCCCCCCOC#CC)cc2)cc1. The van der Waals surface area contributed by atoms with E-state index in [1.54, 1.807) is 19.1 Å². The summed E-state index contributed by atoms with van der Waals surface area (Å²) in [6.45, 7) is 9.27. The normalized spacial score (nSPS) is 20.6. The van der Waals surface area contributed by atoms with Crippen molar-refractivity contribution >= 4 is 29.7 Å². The smallest absolute Gasteiger partial charge is 0.331 e. The van der Waals surface area contributed by atoms with Gasteiger partial charge in [-0.1, -0.05) is 54.5 Å². The van der Waals surface area contributed by atoms with E-state index in [4.69, 9.17) is 28.4 Å². The standard InChI is InChI=1S/C36H40O8/c1-4-21-39-22-7-5-6-8-23-40-30-17-11-28(12-18-30)14-20-34(38)44-32-25-42-35-31(24-41-36(32)35)43-33(37)19-13-27-9-15-29(16-10-27)26(2)3/h9-20,31-32,35-36H,2,5-8,22-25H2,1,3H3/b19-13+,20-14+/t31?,32-,35-,36-/m1/s1. The highest BCUT2D eigenvalue weighted by molar-refractivity contribution is 5.88. The lowest BCUT2D eigenvalue weighted by atomic mass is 10.1. The van der Waals surface area contributed by atoms with Gasteiger partial charge in [-0.3, -0.25) is 0 Å². The molecule has 4 rings (SSSR count). The average Bonchev–Trinajstić information content (AvgIpc) is 3.62. The van der Waals surface area contributed by atoms with E-state index < -0.39 is 36.4 Å². The van der Waals surface area contributed by atoms with Crippen LogP contribution in [-0.4, -0.2) is 62.8 Å². The van der Waals surface area contributed by atoms with Gasteiger partial charge in [-0.15, -0.1) is 0 Å². The molecule has 2 aromatic rings. The molecule has 2 aromatic carbocycles. The van der Waals surface area contributed by atoms with E-state index in [-0.39, 0.29) is 13.2 Å². The van der Waals surface area contributed by atoms with Gasteiger partial charge in [-0.2, -0.15) is 0 Å². The number of carbonyl (C=O) groups excluding carboxylic acids is 2. The summed E-state index contributed by atoms with van der Waals surface area (Å²) in [4.78, 5) is 24.9. The van der Waals surface area contributed by atoms with E-state index in [2.05, 4.69) is 18.6 Å². The van der Waals surface area contributed by atoms with Crippen LogP contribution in [0.1, 0.15) is 56.2 Å². The Bertz CT molecular complexity index is 1360. The van der Waals surface area contributed by atoms with Crippen LogP contribution in [0.15, 0.2) is 67.3 Å². The summed E-state index contributed by atoms with van der Waals surface area (Å²) >= 11 is 0. The highest BCUT2D eigenvalue weighted by Gasteiger charge is 2.51. The molecule has 0 bridgehead atoms. The summed E-state index contributed by atoms with van der Waals surface area (Å²) in [7, 11) is 0. The third kappa shape index (κ3) is 10.1. The fraction of sp³-hybridized carbons (Fsp3) is 0.389. The predicted molar refractivity (Wildman–Crippen MR) is 168 cm³/mol. The van der Waals surface area contributed by atoms with Crippen LogP contribution in [0.5, 0.6) is 5.75 Å². The van der Waals surface area contributed by atoms with Gasteiger partial charge in [0.15, 0.2) is 12.2 Å². The van der Waals surface area contributed by atoms with E-state index in [0.29, 0.717) is 13.2 Å². The van der Waals surface area contributed by atoms with Gasteiger partial charge in [0.2, 0.25) is 0 Å². The Balaban J connectivity index is 1.14. The van der Waals surface area contributed by atoms with Gasteiger partial charge in [0.25, 0.3) is 0 Å². The number of allylic oxidation sites excluding steroid dienone is 1. The fourth-order valence-electron chi connectivity index (χ4n) is 4.83. The number of hydrogen-bond donors (Lipinski definition) is 0. The Hall–Kier alpha value is -4.32. The average molecular weight is 601 g/mol. The first-order valence-electron chi connectivity index (χ1n) is 15.0. The second-order valence-electron chi connectivity index (χ2n) is 10.6. The largest absolute Gasteiger partial charge is 0.494 e. The summed E-state index contributed by atoms with van der Waals surface area (Å²) in [5.41, 5.74) is 3.73. The van der Waals surface area contributed by atoms with Crippen LogP contribution in [0.25, 0.3) is 17.7 Å². The Morgan fingerprint density at radius 1 is 0.818 bits per heavy atom. The first kappa shape index (κ1) is 32.6. The van der Waals surface area contributed by atoms with E-state index in [0.717, 1.165) is 53.7 Å². The third-order valence-corrected chi connectivity index (χ3v) is 7.19. The fourth-order valence-corrected chi connectivity index (χ4v) is 4.83. The van der Waals surface area contributed by atoms with Crippen molar-refractivity contribution in [3.8, 4) is 17.8 Å². The molecule has 44 heavy (non-hydrogen) atoms. The van der Waals surface area contributed by atoms with Crippen LogP contribution in [0.3, 0.4) is 0 Å². The molecule has 8 heteroatoms. The second-order valence-corrected chi connectivity index (χ2v) is 10.6. The quantitative estimate of drug-likeness (QED) is 0.106. The van der Waals surface area contributed by atoms with Gasteiger partial charge >= 0.3 is 11.9 Å². The molecule has 4 atom stereocenters. The number of rotatable bonds is 15. The maximum absolute atomic E-state index is 12.5. The molecule has 2 fully saturated rings. The minimum atomic E-state index is -0.587. The summed E-state index contributed by atoms with van der Waals surface area (Å²) < 4.78 is 33.7. The monoisotopic (exact) mass is 600 g/mol. The van der Waals surface area contributed by atoms with Crippen LogP contribution in [0.4, 0.5) is 0 Å². The molecular weight excluding hydrogens is 560 g/mol. The topological polar surface area (TPSA) is 89.5 Å². The molecule has 0 aliphatic carbocycles. The molecular formula is C36H40O8. The van der Waals surface area contributed by atoms with Crippen molar-refractivity contribution in [1.29, 1.82) is 0 Å². The number of carbonyl (C=O) groups is 2. The third-order valence-electron chi connectivity index (χ3n) is 7.19. The lowest BCUT2D eigenvalue weighted by Gasteiger charge is -2.16. The first-order chi connectivity index (χ1) is 21.4. The molecule has 1 unspecified atom stereocenters. The molecule has 8 nitrogen and oxygen atoms in total. The highest BCUT2D eigenvalue weighted by atomic mass is 16.7. The zero-order chi connectivity index (χ0) is 31.1. The second kappa shape index (κ2) is 17.1. The molecule has 232 valence electrons. The van der Waals surface area contributed by atoms with E-state index in [9.17, 15) is 9.59 Å². The van der Waals surface area contributed by atoms with Crippen molar-refractivity contribution in [1.82, 2.24) is 0 Å². The summed E-state index contributed by atoms with van der Waals surface area (Å²) in [6.07, 6.45) is 10.7. The molecule has 2 saturated heterocycles. The number of hydrogen-bond acceptors (Lipinski definition) is 8. The van der Waals surface area contributed by atoms with Gasteiger partial charge in [0.1, 0.15) is 30.7 Å². The minimum Gasteiger partial charge on any atom is -0.494 e. The Kier molecular flexibility index (Phi) is 12.7. The molecule has 2 aliphatic heterocycles. The summed E-state index contributed by atoms with van der Waals surface area (Å²) in [5.74, 6) is 2.49. The molecule has 0 radical (unpaired) electrons. The Labute approximate surface area is 259 Å². The Morgan fingerprint density at radius 2 is 1.34 bits per heavy atom. The van der Waals surface area contributed by atoms with Gasteiger partial charge in [0, 0.05) is 19.1 Å². The lowest BCUT2D eigenvalue weighted by Crippen LogP contribution is -2.35. The zero-order valence-electron chi connectivity index (χ0n) is 25.4. The molecule has 2 aliphatic rings. The first-order valence-corrected chi connectivity index (χ1v) is 15.0. The number of fused-ring (bicyclic) bond motifs is 1. The van der Waals surface area contributed by atoms with Crippen molar-refractivity contribution in [2.45, 2.75) is 63.9 Å². The van der Waals surface area contributed by atoms with Crippen molar-refractivity contribution < 1.29 is 38.0 Å². The highest BCUT2D eigenvalue weighted by Crippen LogP contribution is 2.31. The molecule has 0 saturated carbocycles. The van der Waals surface area contributed by atoms with E-state index >= 15 is 0 Å².